The second kappa shape index (κ2) is 8.39. The number of morpholine rings is 1. The van der Waals surface area contributed by atoms with Gasteiger partial charge in [-0.1, -0.05) is 11.6 Å². The molecule has 0 spiro atoms. The van der Waals surface area contributed by atoms with Crippen molar-refractivity contribution in [1.82, 2.24) is 10.3 Å². The van der Waals surface area contributed by atoms with Crippen molar-refractivity contribution in [2.75, 3.05) is 36.1 Å². The number of carbonyl (C=O) groups excluding carboxylic acids is 3. The lowest BCUT2D eigenvalue weighted by Gasteiger charge is -2.28. The van der Waals surface area contributed by atoms with E-state index in [9.17, 15) is 14.4 Å². The van der Waals surface area contributed by atoms with Crippen molar-refractivity contribution in [3.8, 4) is 0 Å². The molecule has 4 rings (SSSR count). The summed E-state index contributed by atoms with van der Waals surface area (Å²) in [4.78, 5) is 44.5. The Labute approximate surface area is 183 Å². The van der Waals surface area contributed by atoms with Gasteiger partial charge in [0.1, 0.15) is 11.5 Å². The van der Waals surface area contributed by atoms with Gasteiger partial charge in [0.2, 0.25) is 5.91 Å². The van der Waals surface area contributed by atoms with Crippen molar-refractivity contribution >= 4 is 68.0 Å². The number of ether oxygens (including phenoxy) is 1. The van der Waals surface area contributed by atoms with Gasteiger partial charge in [-0.15, -0.1) is 11.3 Å². The predicted octanol–water partition coefficient (Wildman–Crippen LogP) is 2.46. The summed E-state index contributed by atoms with van der Waals surface area (Å²) < 4.78 is 5.77. The molecule has 1 unspecified atom stereocenters. The van der Waals surface area contributed by atoms with Crippen molar-refractivity contribution in [3.63, 3.8) is 0 Å². The van der Waals surface area contributed by atoms with Gasteiger partial charge in [-0.25, -0.2) is 4.98 Å². The molecule has 152 valence electrons. The number of aromatic nitrogens is 1. The van der Waals surface area contributed by atoms with E-state index in [-0.39, 0.29) is 36.8 Å². The molecule has 2 aromatic rings. The number of benzene rings is 1. The van der Waals surface area contributed by atoms with Crippen LogP contribution >= 0.6 is 38.9 Å². The maximum absolute atomic E-state index is 12.5. The highest BCUT2D eigenvalue weighted by atomic mass is 79.9. The predicted molar refractivity (Wildman–Crippen MR) is 113 cm³/mol. The van der Waals surface area contributed by atoms with Crippen LogP contribution in [0.2, 0.25) is 5.02 Å². The molecule has 2 aliphatic heterocycles. The molecule has 2 saturated heterocycles. The van der Waals surface area contributed by atoms with Crippen LogP contribution in [0.25, 0.3) is 0 Å². The molecule has 3 amide bonds. The van der Waals surface area contributed by atoms with E-state index < -0.39 is 0 Å². The molecule has 1 aromatic carbocycles. The summed E-state index contributed by atoms with van der Waals surface area (Å²) in [6, 6.07) is 4.85. The van der Waals surface area contributed by atoms with Gasteiger partial charge in [0.25, 0.3) is 11.8 Å². The van der Waals surface area contributed by atoms with E-state index in [1.165, 1.54) is 17.5 Å². The van der Waals surface area contributed by atoms with Crippen molar-refractivity contribution in [3.05, 3.63) is 38.2 Å². The molecule has 0 bridgehead atoms. The van der Waals surface area contributed by atoms with Crippen LogP contribution in [0.1, 0.15) is 16.1 Å². The molecular formula is C18H16BrClN4O4S. The Morgan fingerprint density at radius 3 is 2.83 bits per heavy atom. The Bertz CT molecular complexity index is 985. The summed E-state index contributed by atoms with van der Waals surface area (Å²) in [6.07, 6.45) is 1.69. The molecule has 1 aromatic heterocycles. The molecule has 1 atom stereocenters. The minimum absolute atomic E-state index is 0.0282. The molecule has 0 radical (unpaired) electrons. The largest absolute Gasteiger partial charge is 0.370 e. The number of carbonyl (C=O) groups is 3. The lowest BCUT2D eigenvalue weighted by atomic mass is 10.2. The molecule has 2 fully saturated rings. The molecule has 0 saturated carbocycles. The zero-order valence-electron chi connectivity index (χ0n) is 15.1. The van der Waals surface area contributed by atoms with Crippen LogP contribution in [0.5, 0.6) is 0 Å². The highest BCUT2D eigenvalue weighted by Crippen LogP contribution is 2.33. The van der Waals surface area contributed by atoms with Crippen molar-refractivity contribution in [1.29, 1.82) is 0 Å². The highest BCUT2D eigenvalue weighted by Gasteiger charge is 2.33. The summed E-state index contributed by atoms with van der Waals surface area (Å²) in [5.74, 6) is -0.514. The Balaban J connectivity index is 1.46. The summed E-state index contributed by atoms with van der Waals surface area (Å²) in [5.41, 5.74) is 1.22. The fraction of sp³-hybridized carbons (Fsp3) is 0.333. The van der Waals surface area contributed by atoms with Crippen LogP contribution < -0.4 is 15.1 Å². The van der Waals surface area contributed by atoms with Gasteiger partial charge in [0.15, 0.2) is 3.92 Å². The van der Waals surface area contributed by atoms with E-state index in [1.807, 2.05) is 0 Å². The second-order valence-corrected chi connectivity index (χ2v) is 9.30. The minimum Gasteiger partial charge on any atom is -0.370 e. The van der Waals surface area contributed by atoms with Gasteiger partial charge in [-0.05, 0) is 34.1 Å². The van der Waals surface area contributed by atoms with Crippen LogP contribution in [0, 0.1) is 0 Å². The molecule has 11 heteroatoms. The van der Waals surface area contributed by atoms with Crippen LogP contribution in [0.3, 0.4) is 0 Å². The Morgan fingerprint density at radius 1 is 1.31 bits per heavy atom. The Kier molecular flexibility index (Phi) is 5.86. The third-order valence-electron chi connectivity index (χ3n) is 4.68. The smallest absolute Gasteiger partial charge is 0.263 e. The van der Waals surface area contributed by atoms with Gasteiger partial charge in [-0.2, -0.15) is 0 Å². The SMILES string of the molecule is O=C(NC1CC(=O)N(c2ccc(N3CCOCC3=O)c(Cl)c2)C1)c1cnc(Br)s1. The summed E-state index contributed by atoms with van der Waals surface area (Å²) in [5, 5.41) is 3.25. The number of thiazole rings is 1. The lowest BCUT2D eigenvalue weighted by molar-refractivity contribution is -0.125. The zero-order valence-corrected chi connectivity index (χ0v) is 18.2. The first-order valence-electron chi connectivity index (χ1n) is 8.82. The Morgan fingerprint density at radius 2 is 2.14 bits per heavy atom. The summed E-state index contributed by atoms with van der Waals surface area (Å²) in [6.45, 7) is 1.26. The first kappa shape index (κ1) is 20.3. The van der Waals surface area contributed by atoms with E-state index in [2.05, 4.69) is 26.2 Å². The van der Waals surface area contributed by atoms with Gasteiger partial charge in [-0.3, -0.25) is 14.4 Å². The van der Waals surface area contributed by atoms with E-state index in [0.29, 0.717) is 44.9 Å². The molecule has 0 aliphatic carbocycles. The van der Waals surface area contributed by atoms with Crippen LogP contribution in [-0.2, 0) is 14.3 Å². The maximum Gasteiger partial charge on any atom is 0.263 e. The lowest BCUT2D eigenvalue weighted by Crippen LogP contribution is -2.41. The number of nitrogens with one attached hydrogen (secondary N) is 1. The summed E-state index contributed by atoms with van der Waals surface area (Å²) >= 11 is 10.9. The third-order valence-corrected chi connectivity index (χ3v) is 6.46. The van der Waals surface area contributed by atoms with Crippen molar-refractivity contribution < 1.29 is 19.1 Å². The van der Waals surface area contributed by atoms with E-state index in [4.69, 9.17) is 16.3 Å². The van der Waals surface area contributed by atoms with E-state index >= 15 is 0 Å². The Hall–Kier alpha value is -2.01. The molecule has 3 heterocycles. The van der Waals surface area contributed by atoms with Crippen molar-refractivity contribution in [2.24, 2.45) is 0 Å². The second-order valence-electron chi connectivity index (χ2n) is 6.59. The normalized spacial score (nSPS) is 19.7. The number of anilines is 2. The number of halogens is 2. The van der Waals surface area contributed by atoms with E-state index in [0.717, 1.165) is 0 Å². The highest BCUT2D eigenvalue weighted by molar-refractivity contribution is 9.11. The average molecular weight is 500 g/mol. The van der Waals surface area contributed by atoms with Crippen molar-refractivity contribution in [2.45, 2.75) is 12.5 Å². The van der Waals surface area contributed by atoms with Gasteiger partial charge in [0, 0.05) is 25.2 Å². The van der Waals surface area contributed by atoms with Gasteiger partial charge in [0.05, 0.1) is 29.6 Å². The molecule has 8 nitrogen and oxygen atoms in total. The first-order chi connectivity index (χ1) is 13.9. The fourth-order valence-corrected chi connectivity index (χ4v) is 4.77. The standard InChI is InChI=1S/C18H16BrClN4O4S/c19-18-21-7-14(29-18)17(27)22-10-5-15(25)24(8-10)11-1-2-13(12(20)6-11)23-3-4-28-9-16(23)26/h1-2,6-7,10H,3-5,8-9H2,(H,22,27). The quantitative estimate of drug-likeness (QED) is 0.698. The molecule has 29 heavy (non-hydrogen) atoms. The fourth-order valence-electron chi connectivity index (χ4n) is 3.32. The zero-order chi connectivity index (χ0) is 20.5. The number of amides is 3. The van der Waals surface area contributed by atoms with Crippen LogP contribution in [0.15, 0.2) is 28.3 Å². The van der Waals surface area contributed by atoms with Gasteiger partial charge >= 0.3 is 0 Å². The number of nitrogens with zero attached hydrogens (tertiary/aromatic N) is 3. The third kappa shape index (κ3) is 4.30. The number of hydrogen-bond donors (Lipinski definition) is 1. The monoisotopic (exact) mass is 498 g/mol. The van der Waals surface area contributed by atoms with E-state index in [1.54, 1.807) is 28.0 Å². The molecule has 1 N–H and O–H groups in total. The maximum atomic E-state index is 12.5. The first-order valence-corrected chi connectivity index (χ1v) is 10.8. The summed E-state index contributed by atoms with van der Waals surface area (Å²) in [7, 11) is 0. The van der Waals surface area contributed by atoms with Crippen LogP contribution in [0.4, 0.5) is 11.4 Å². The molecule has 2 aliphatic rings. The minimum atomic E-state index is -0.310. The van der Waals surface area contributed by atoms with Crippen LogP contribution in [-0.4, -0.2) is 55.1 Å². The topological polar surface area (TPSA) is 91.8 Å². The average Bonchev–Trinajstić information content (AvgIpc) is 3.28. The number of hydrogen-bond acceptors (Lipinski definition) is 6. The van der Waals surface area contributed by atoms with Gasteiger partial charge < -0.3 is 19.9 Å². The number of rotatable bonds is 4. The molecular weight excluding hydrogens is 484 g/mol.